The van der Waals surface area contributed by atoms with E-state index in [2.05, 4.69) is 10.6 Å². The number of benzene rings is 1. The van der Waals surface area contributed by atoms with Gasteiger partial charge in [0.1, 0.15) is 0 Å². The summed E-state index contributed by atoms with van der Waals surface area (Å²) in [5, 5.41) is 14.4. The smallest absolute Gasteiger partial charge is 0.307 e. The van der Waals surface area contributed by atoms with Crippen molar-refractivity contribution in [2.75, 3.05) is 13.2 Å². The van der Waals surface area contributed by atoms with Crippen LogP contribution < -0.4 is 10.6 Å². The first-order valence-electron chi connectivity index (χ1n) is 8.54. The number of rotatable bonds is 7. The van der Waals surface area contributed by atoms with Gasteiger partial charge in [0.2, 0.25) is 5.91 Å². The summed E-state index contributed by atoms with van der Waals surface area (Å²) in [6.07, 6.45) is 2.48. The Kier molecular flexibility index (Phi) is 5.33. The van der Waals surface area contributed by atoms with E-state index in [1.807, 2.05) is 6.07 Å². The fraction of sp³-hybridized carbons (Fsp3) is 0.500. The van der Waals surface area contributed by atoms with Crippen molar-refractivity contribution in [2.24, 2.45) is 11.8 Å². The minimum absolute atomic E-state index is 0.0899. The molecule has 1 aromatic rings. The minimum atomic E-state index is -0.926. The average Bonchev–Trinajstić information content (AvgIpc) is 3.26. The Bertz CT molecular complexity index is 669. The van der Waals surface area contributed by atoms with Crippen LogP contribution in [0.25, 0.3) is 0 Å². The zero-order chi connectivity index (χ0) is 17.8. The average molecular weight is 346 g/mol. The van der Waals surface area contributed by atoms with Gasteiger partial charge in [-0.25, -0.2) is 0 Å². The van der Waals surface area contributed by atoms with Crippen molar-refractivity contribution >= 4 is 17.8 Å². The highest BCUT2D eigenvalue weighted by Crippen LogP contribution is 2.38. The molecule has 1 saturated heterocycles. The van der Waals surface area contributed by atoms with Crippen LogP contribution in [0, 0.1) is 11.8 Å². The van der Waals surface area contributed by atoms with Crippen molar-refractivity contribution in [2.45, 2.75) is 31.9 Å². The summed E-state index contributed by atoms with van der Waals surface area (Å²) in [6, 6.07) is 7.03. The highest BCUT2D eigenvalue weighted by Gasteiger charge is 2.48. The van der Waals surface area contributed by atoms with Crippen LogP contribution in [0.4, 0.5) is 0 Å². The molecular formula is C18H22N2O5. The summed E-state index contributed by atoms with van der Waals surface area (Å²) in [6.45, 7) is 1.52. The monoisotopic (exact) mass is 346 g/mol. The molecule has 3 atom stereocenters. The fourth-order valence-corrected chi connectivity index (χ4v) is 3.01. The largest absolute Gasteiger partial charge is 0.481 e. The molecule has 0 radical (unpaired) electrons. The molecule has 134 valence electrons. The van der Waals surface area contributed by atoms with Crippen LogP contribution in [0.15, 0.2) is 24.3 Å². The maximum absolute atomic E-state index is 12.2. The van der Waals surface area contributed by atoms with Crippen molar-refractivity contribution < 1.29 is 24.2 Å². The van der Waals surface area contributed by atoms with E-state index in [4.69, 9.17) is 9.84 Å². The van der Waals surface area contributed by atoms with E-state index in [0.717, 1.165) is 25.0 Å². The summed E-state index contributed by atoms with van der Waals surface area (Å²) in [5.41, 5.74) is 1.32. The van der Waals surface area contributed by atoms with Crippen molar-refractivity contribution in [1.29, 1.82) is 0 Å². The minimum Gasteiger partial charge on any atom is -0.481 e. The lowest BCUT2D eigenvalue weighted by atomic mass is 10.1. The van der Waals surface area contributed by atoms with Crippen LogP contribution in [0.3, 0.4) is 0 Å². The number of hydrogen-bond donors (Lipinski definition) is 3. The Hall–Kier alpha value is -2.41. The molecule has 3 unspecified atom stereocenters. The first-order valence-corrected chi connectivity index (χ1v) is 8.54. The molecule has 1 heterocycles. The Labute approximate surface area is 145 Å². The molecule has 25 heavy (non-hydrogen) atoms. The number of carboxylic acid groups (broad SMARTS) is 1. The zero-order valence-corrected chi connectivity index (χ0v) is 13.9. The van der Waals surface area contributed by atoms with E-state index < -0.39 is 17.8 Å². The van der Waals surface area contributed by atoms with Crippen LogP contribution in [0.2, 0.25) is 0 Å². The normalized spacial score (nSPS) is 24.6. The van der Waals surface area contributed by atoms with E-state index in [1.165, 1.54) is 0 Å². The number of carbonyl (C=O) groups is 3. The molecular weight excluding hydrogens is 324 g/mol. The van der Waals surface area contributed by atoms with Gasteiger partial charge in [-0.15, -0.1) is 0 Å². The second-order valence-electron chi connectivity index (χ2n) is 6.55. The van der Waals surface area contributed by atoms with Gasteiger partial charge >= 0.3 is 5.97 Å². The highest BCUT2D eigenvalue weighted by atomic mass is 16.5. The molecule has 2 aliphatic rings. The van der Waals surface area contributed by atoms with E-state index in [9.17, 15) is 14.4 Å². The molecule has 1 aliphatic heterocycles. The Morgan fingerprint density at radius 3 is 2.72 bits per heavy atom. The van der Waals surface area contributed by atoms with Crippen molar-refractivity contribution in [3.8, 4) is 0 Å². The molecule has 1 aliphatic carbocycles. The van der Waals surface area contributed by atoms with Crippen LogP contribution in [-0.4, -0.2) is 42.1 Å². The van der Waals surface area contributed by atoms with E-state index in [1.54, 1.807) is 18.2 Å². The maximum Gasteiger partial charge on any atom is 0.307 e. The maximum atomic E-state index is 12.2. The lowest BCUT2D eigenvalue weighted by Crippen LogP contribution is -2.32. The first-order chi connectivity index (χ1) is 12.0. The molecule has 1 saturated carbocycles. The first kappa shape index (κ1) is 17.4. The molecule has 7 heteroatoms. The summed E-state index contributed by atoms with van der Waals surface area (Å²) in [5.74, 6) is -2.34. The molecule has 2 amide bonds. The number of amides is 2. The van der Waals surface area contributed by atoms with Gasteiger partial charge in [0.05, 0.1) is 17.9 Å². The highest BCUT2D eigenvalue weighted by molar-refractivity contribution is 5.94. The fourth-order valence-electron chi connectivity index (χ4n) is 3.01. The number of carbonyl (C=O) groups excluding carboxylic acids is 2. The summed E-state index contributed by atoms with van der Waals surface area (Å²) < 4.78 is 5.48. The summed E-state index contributed by atoms with van der Waals surface area (Å²) in [4.78, 5) is 34.9. The third kappa shape index (κ3) is 4.57. The van der Waals surface area contributed by atoms with Crippen LogP contribution in [0.5, 0.6) is 0 Å². The van der Waals surface area contributed by atoms with Gasteiger partial charge in [-0.3, -0.25) is 14.4 Å². The van der Waals surface area contributed by atoms with Crippen LogP contribution in [0.1, 0.15) is 35.2 Å². The van der Waals surface area contributed by atoms with Crippen LogP contribution in [-0.2, 0) is 20.9 Å². The molecule has 0 spiro atoms. The number of nitrogens with one attached hydrogen (secondary N) is 2. The van der Waals surface area contributed by atoms with Gasteiger partial charge in [0.15, 0.2) is 0 Å². The molecule has 3 rings (SSSR count). The van der Waals surface area contributed by atoms with Crippen molar-refractivity contribution in [1.82, 2.24) is 10.6 Å². The van der Waals surface area contributed by atoms with Gasteiger partial charge in [-0.1, -0.05) is 12.1 Å². The SMILES string of the molecule is O=C(NCC1CCCO1)c1cccc(CNC(=O)C2CC2C(=O)O)c1. The molecule has 1 aromatic carbocycles. The molecule has 2 fully saturated rings. The molecule has 7 nitrogen and oxygen atoms in total. The number of hydrogen-bond acceptors (Lipinski definition) is 4. The number of aliphatic carboxylic acids is 1. The molecule has 3 N–H and O–H groups in total. The van der Waals surface area contributed by atoms with Crippen molar-refractivity contribution in [3.63, 3.8) is 0 Å². The van der Waals surface area contributed by atoms with Gasteiger partial charge in [0.25, 0.3) is 5.91 Å². The van der Waals surface area contributed by atoms with E-state index in [0.29, 0.717) is 18.5 Å². The third-order valence-electron chi connectivity index (χ3n) is 4.61. The second-order valence-corrected chi connectivity index (χ2v) is 6.55. The zero-order valence-electron chi connectivity index (χ0n) is 13.9. The van der Waals surface area contributed by atoms with Gasteiger partial charge in [0, 0.05) is 25.3 Å². The number of ether oxygens (including phenoxy) is 1. The molecule has 0 aromatic heterocycles. The second kappa shape index (κ2) is 7.65. The predicted molar refractivity (Wildman–Crippen MR) is 88.8 cm³/mol. The van der Waals surface area contributed by atoms with E-state index >= 15 is 0 Å². The predicted octanol–water partition coefficient (Wildman–Crippen LogP) is 0.932. The van der Waals surface area contributed by atoms with Crippen molar-refractivity contribution in [3.05, 3.63) is 35.4 Å². The number of carboxylic acids is 1. The van der Waals surface area contributed by atoms with Crippen LogP contribution >= 0.6 is 0 Å². The van der Waals surface area contributed by atoms with E-state index in [-0.39, 0.29) is 24.5 Å². The topological polar surface area (TPSA) is 105 Å². The Morgan fingerprint density at radius 1 is 1.20 bits per heavy atom. The summed E-state index contributed by atoms with van der Waals surface area (Å²) in [7, 11) is 0. The summed E-state index contributed by atoms with van der Waals surface area (Å²) >= 11 is 0. The standard InChI is InChI=1S/C18H22N2O5/c21-16(20-10-13-5-2-6-25-13)12-4-1-3-11(7-12)9-19-17(22)14-8-15(14)18(23)24/h1,3-4,7,13-15H,2,5-6,8-10H2,(H,19,22)(H,20,21)(H,23,24). The Balaban J connectivity index is 1.48. The van der Waals surface area contributed by atoms with Gasteiger partial charge in [-0.2, -0.15) is 0 Å². The van der Waals surface area contributed by atoms with Gasteiger partial charge < -0.3 is 20.5 Å². The quantitative estimate of drug-likeness (QED) is 0.681. The lowest BCUT2D eigenvalue weighted by molar-refractivity contribution is -0.140. The molecule has 0 bridgehead atoms. The van der Waals surface area contributed by atoms with Gasteiger partial charge in [-0.05, 0) is 37.0 Å². The lowest BCUT2D eigenvalue weighted by Gasteiger charge is -2.11. The third-order valence-corrected chi connectivity index (χ3v) is 4.61. The Morgan fingerprint density at radius 2 is 2.04 bits per heavy atom.